The van der Waals surface area contributed by atoms with Gasteiger partial charge in [0, 0.05) is 0 Å². The average Bonchev–Trinajstić information content (AvgIpc) is 3.36. The van der Waals surface area contributed by atoms with Crippen LogP contribution in [0.2, 0.25) is 0 Å². The SMILES string of the molecule is CCCCCCCCCCCCCCCCCCC(O)C(=O)N[C@@H](COP(=O)(O)O[C@H]1C(O)C(O)C(O)[C@@H](O)C1O[C@H]1O[C@H](CO)[C@@H](O)C(O)C1O)[C@H](O)[C@H](O)CCCCCCCCCCCCCCCC. The molecule has 0 radical (unpaired) electrons. The number of aliphatic hydroxyl groups excluding tert-OH is 11. The zero-order valence-electron chi connectivity index (χ0n) is 44.0. The molecule has 19 nitrogen and oxygen atoms in total. The molecular weight excluding hydrogens is 958 g/mol. The Morgan fingerprint density at radius 3 is 1.32 bits per heavy atom. The summed E-state index contributed by atoms with van der Waals surface area (Å²) in [6.45, 7) is 2.59. The second-order valence-corrected chi connectivity index (χ2v) is 22.2. The minimum absolute atomic E-state index is 0.100. The monoisotopic (exact) mass is 1060 g/mol. The molecular formula is C52H102NO18P. The lowest BCUT2D eigenvalue weighted by atomic mass is 9.84. The maximum absolute atomic E-state index is 13.6. The number of carbonyl (C=O) groups is 1. The second-order valence-electron chi connectivity index (χ2n) is 20.8. The van der Waals surface area contributed by atoms with Crippen LogP contribution in [-0.2, 0) is 27.9 Å². The number of hydrogen-bond donors (Lipinski definition) is 13. The van der Waals surface area contributed by atoms with Gasteiger partial charge in [-0.3, -0.25) is 13.8 Å². The fraction of sp³-hybridized carbons (Fsp3) is 0.981. The van der Waals surface area contributed by atoms with Crippen molar-refractivity contribution in [2.24, 2.45) is 0 Å². The number of unbranched alkanes of at least 4 members (excludes halogenated alkanes) is 28. The van der Waals surface area contributed by atoms with Gasteiger partial charge in [0.15, 0.2) is 6.29 Å². The third kappa shape index (κ3) is 26.4. The van der Waals surface area contributed by atoms with E-state index < -0.39 is 119 Å². The Bertz CT molecular complexity index is 1390. The van der Waals surface area contributed by atoms with E-state index in [4.69, 9.17) is 18.5 Å². The molecule has 1 amide bonds. The van der Waals surface area contributed by atoms with E-state index in [0.29, 0.717) is 12.8 Å². The molecule has 0 bridgehead atoms. The fourth-order valence-electron chi connectivity index (χ4n) is 9.66. The van der Waals surface area contributed by atoms with Crippen LogP contribution in [0.4, 0.5) is 0 Å². The van der Waals surface area contributed by atoms with Crippen LogP contribution in [0, 0.1) is 0 Å². The highest BCUT2D eigenvalue weighted by molar-refractivity contribution is 7.47. The van der Waals surface area contributed by atoms with Crippen molar-refractivity contribution in [3.63, 3.8) is 0 Å². The molecule has 8 unspecified atom stereocenters. The molecule has 428 valence electrons. The van der Waals surface area contributed by atoms with Gasteiger partial charge in [-0.25, -0.2) is 4.57 Å². The summed E-state index contributed by atoms with van der Waals surface area (Å²) in [6, 6.07) is -1.58. The van der Waals surface area contributed by atoms with E-state index in [-0.39, 0.29) is 12.8 Å². The summed E-state index contributed by atoms with van der Waals surface area (Å²) >= 11 is 0. The van der Waals surface area contributed by atoms with E-state index in [1.54, 1.807) is 0 Å². The molecule has 0 aromatic heterocycles. The molecule has 20 heteroatoms. The molecule has 72 heavy (non-hydrogen) atoms. The highest BCUT2D eigenvalue weighted by Crippen LogP contribution is 2.48. The Labute approximate surface area is 431 Å². The quantitative estimate of drug-likeness (QED) is 0.0275. The van der Waals surface area contributed by atoms with Crippen molar-refractivity contribution in [1.82, 2.24) is 5.32 Å². The van der Waals surface area contributed by atoms with Crippen LogP contribution < -0.4 is 5.32 Å². The van der Waals surface area contributed by atoms with Crippen LogP contribution in [0.25, 0.3) is 0 Å². The van der Waals surface area contributed by atoms with Gasteiger partial charge in [-0.05, 0) is 12.8 Å². The van der Waals surface area contributed by atoms with Crippen molar-refractivity contribution in [3.05, 3.63) is 0 Å². The Kier molecular flexibility index (Phi) is 36.8. The molecule has 0 spiro atoms. The summed E-state index contributed by atoms with van der Waals surface area (Å²) in [6.07, 6.45) is 7.38. The molecule has 1 aliphatic carbocycles. The Hall–Kier alpha value is -0.940. The van der Waals surface area contributed by atoms with Crippen molar-refractivity contribution in [3.8, 4) is 0 Å². The average molecular weight is 1060 g/mol. The topological polar surface area (TPSA) is 326 Å². The normalized spacial score (nSPS) is 28.3. The van der Waals surface area contributed by atoms with E-state index in [1.165, 1.54) is 122 Å². The summed E-state index contributed by atoms with van der Waals surface area (Å²) in [5, 5.41) is 119. The van der Waals surface area contributed by atoms with Crippen molar-refractivity contribution in [2.45, 2.75) is 311 Å². The van der Waals surface area contributed by atoms with Crippen LogP contribution in [-0.4, -0.2) is 172 Å². The summed E-state index contributed by atoms with van der Waals surface area (Å²) < 4.78 is 34.7. The number of ether oxygens (including phenoxy) is 2. The maximum atomic E-state index is 13.6. The highest BCUT2D eigenvalue weighted by Gasteiger charge is 2.55. The van der Waals surface area contributed by atoms with Crippen molar-refractivity contribution in [2.75, 3.05) is 13.2 Å². The molecule has 13 N–H and O–H groups in total. The molecule has 1 aliphatic heterocycles. The van der Waals surface area contributed by atoms with Crippen LogP contribution in [0.5, 0.6) is 0 Å². The molecule has 0 aromatic carbocycles. The summed E-state index contributed by atoms with van der Waals surface area (Å²) in [5.41, 5.74) is 0. The number of amides is 1. The number of carbonyl (C=O) groups excluding carboxylic acids is 1. The second kappa shape index (κ2) is 39.4. The molecule has 1 heterocycles. The van der Waals surface area contributed by atoms with Gasteiger partial charge in [0.25, 0.3) is 0 Å². The van der Waals surface area contributed by atoms with E-state index in [2.05, 4.69) is 19.2 Å². The van der Waals surface area contributed by atoms with Gasteiger partial charge in [0.05, 0.1) is 25.4 Å². The van der Waals surface area contributed by atoms with E-state index in [9.17, 15) is 70.4 Å². The van der Waals surface area contributed by atoms with Gasteiger partial charge >= 0.3 is 7.82 Å². The molecule has 0 aromatic rings. The lowest BCUT2D eigenvalue weighted by Crippen LogP contribution is -2.67. The molecule has 1 saturated carbocycles. The number of aliphatic hydroxyl groups is 11. The predicted molar refractivity (Wildman–Crippen MR) is 272 cm³/mol. The third-order valence-electron chi connectivity index (χ3n) is 14.5. The number of nitrogens with one attached hydrogen (secondary N) is 1. The number of rotatable bonds is 44. The first-order valence-corrected chi connectivity index (χ1v) is 29.7. The van der Waals surface area contributed by atoms with E-state index in [1.807, 2.05) is 0 Å². The maximum Gasteiger partial charge on any atom is 0.472 e. The third-order valence-corrected chi connectivity index (χ3v) is 15.5. The molecule has 16 atom stereocenters. The van der Waals surface area contributed by atoms with E-state index >= 15 is 0 Å². The van der Waals surface area contributed by atoms with Gasteiger partial charge < -0.3 is 75.9 Å². The first kappa shape index (κ1) is 67.2. The summed E-state index contributed by atoms with van der Waals surface area (Å²) in [5.74, 6) is -0.920. The van der Waals surface area contributed by atoms with Crippen LogP contribution in [0.1, 0.15) is 219 Å². The number of phosphoric acid groups is 1. The fourth-order valence-corrected chi connectivity index (χ4v) is 10.6. The highest BCUT2D eigenvalue weighted by atomic mass is 31.2. The minimum atomic E-state index is -5.49. The van der Waals surface area contributed by atoms with Crippen LogP contribution >= 0.6 is 7.82 Å². The Morgan fingerprint density at radius 1 is 0.528 bits per heavy atom. The molecule has 1 saturated heterocycles. The van der Waals surface area contributed by atoms with E-state index in [0.717, 1.165) is 57.8 Å². The lowest BCUT2D eigenvalue weighted by Gasteiger charge is -2.47. The van der Waals surface area contributed by atoms with Crippen molar-refractivity contribution < 1.29 is 88.9 Å². The molecule has 2 rings (SSSR count). The lowest BCUT2D eigenvalue weighted by molar-refractivity contribution is -0.338. The van der Waals surface area contributed by atoms with Crippen molar-refractivity contribution >= 4 is 13.7 Å². The molecule has 2 aliphatic rings. The largest absolute Gasteiger partial charge is 0.472 e. The smallest absolute Gasteiger partial charge is 0.394 e. The van der Waals surface area contributed by atoms with Gasteiger partial charge in [-0.2, -0.15) is 0 Å². The molecule has 2 fully saturated rings. The standard InChI is InChI=1S/C52H102NO18P/c1-3-5-7-9-11-13-15-17-19-20-22-24-26-28-30-32-34-39(56)51(65)53-37(41(57)38(55)33-31-29-27-25-23-21-18-16-14-12-10-8-6-4-2)36-68-72(66,67)71-50-47(63)45(61)44(60)46(62)49(50)70-52-48(64)43(59)42(58)40(35-54)69-52/h37-50,52,54-64H,3-36H2,1-2H3,(H,53,65)(H,66,67)/t37-,38+,39?,40+,41-,42+,43?,44?,45?,46+,47?,48?,49?,50-,52+/m0/s1. The summed E-state index contributed by atoms with van der Waals surface area (Å²) in [7, 11) is -5.49. The zero-order valence-corrected chi connectivity index (χ0v) is 44.9. The van der Waals surface area contributed by atoms with Gasteiger partial charge in [0.2, 0.25) is 5.91 Å². The van der Waals surface area contributed by atoms with Crippen LogP contribution in [0.3, 0.4) is 0 Å². The summed E-state index contributed by atoms with van der Waals surface area (Å²) in [4.78, 5) is 24.3. The Morgan fingerprint density at radius 2 is 0.903 bits per heavy atom. The van der Waals surface area contributed by atoms with Gasteiger partial charge in [-0.1, -0.05) is 206 Å². The van der Waals surface area contributed by atoms with Crippen LogP contribution in [0.15, 0.2) is 0 Å². The zero-order chi connectivity index (χ0) is 53.3. The number of hydrogen-bond acceptors (Lipinski definition) is 17. The predicted octanol–water partition coefficient (Wildman–Crippen LogP) is 5.22. The number of phosphoric ester groups is 1. The first-order chi connectivity index (χ1) is 34.5. The Balaban J connectivity index is 1.99. The van der Waals surface area contributed by atoms with Crippen molar-refractivity contribution in [1.29, 1.82) is 0 Å². The van der Waals surface area contributed by atoms with Gasteiger partial charge in [0.1, 0.15) is 73.2 Å². The first-order valence-electron chi connectivity index (χ1n) is 28.2. The van der Waals surface area contributed by atoms with Gasteiger partial charge in [-0.15, -0.1) is 0 Å². The minimum Gasteiger partial charge on any atom is -0.394 e.